The predicted octanol–water partition coefficient (Wildman–Crippen LogP) is 3.14. The first-order chi connectivity index (χ1) is 13.3. The molecular weight excluding hydrogens is 377 g/mol. The highest BCUT2D eigenvalue weighted by atomic mass is 19.4. The van der Waals surface area contributed by atoms with Crippen molar-refractivity contribution in [1.29, 1.82) is 0 Å². The number of carbonyl (C=O) groups is 2. The number of benzene rings is 2. The van der Waals surface area contributed by atoms with Crippen LogP contribution in [0.15, 0.2) is 42.5 Å². The molecule has 0 bridgehead atoms. The summed E-state index contributed by atoms with van der Waals surface area (Å²) in [5.74, 6) is -0.367. The Bertz CT molecular complexity index is 939. The van der Waals surface area contributed by atoms with Crippen LogP contribution in [0.4, 0.5) is 18.9 Å². The molecule has 28 heavy (non-hydrogen) atoms. The first-order valence-electron chi connectivity index (χ1n) is 8.49. The number of nitrogens with zero attached hydrogens (tertiary/aromatic N) is 1. The number of alkyl halides is 3. The highest BCUT2D eigenvalue weighted by molar-refractivity contribution is 5.99. The van der Waals surface area contributed by atoms with Crippen LogP contribution in [0.3, 0.4) is 0 Å². The van der Waals surface area contributed by atoms with Crippen molar-refractivity contribution in [2.45, 2.75) is 6.18 Å². The second-order valence-electron chi connectivity index (χ2n) is 6.51. The topological polar surface area (TPSA) is 67.9 Å². The first-order valence-corrected chi connectivity index (χ1v) is 8.49. The second-order valence-corrected chi connectivity index (χ2v) is 6.51. The quantitative estimate of drug-likeness (QED) is 0.872. The Morgan fingerprint density at radius 2 is 1.75 bits per heavy atom. The van der Waals surface area contributed by atoms with Gasteiger partial charge in [0.1, 0.15) is 0 Å². The first kappa shape index (κ1) is 18.1. The lowest BCUT2D eigenvalue weighted by molar-refractivity contribution is -0.137. The van der Waals surface area contributed by atoms with Crippen molar-refractivity contribution < 1.29 is 32.2 Å². The van der Waals surface area contributed by atoms with E-state index in [4.69, 9.17) is 9.47 Å². The Labute approximate surface area is 157 Å². The SMILES string of the molecule is O=C(Nc1ccccc1C(F)(F)F)C1CN(C(=O)c2ccc3c(c2)OCO3)C1. The lowest BCUT2D eigenvalue weighted by Gasteiger charge is -2.38. The number of carbonyl (C=O) groups excluding carboxylic acids is 2. The lowest BCUT2D eigenvalue weighted by Crippen LogP contribution is -2.54. The van der Waals surface area contributed by atoms with Crippen LogP contribution in [0.1, 0.15) is 15.9 Å². The molecule has 0 aliphatic carbocycles. The van der Waals surface area contributed by atoms with Gasteiger partial charge in [-0.3, -0.25) is 9.59 Å². The zero-order valence-electron chi connectivity index (χ0n) is 14.5. The number of anilines is 1. The number of hydrogen-bond donors (Lipinski definition) is 1. The van der Waals surface area contributed by atoms with Gasteiger partial charge in [0.2, 0.25) is 12.7 Å². The van der Waals surface area contributed by atoms with Crippen LogP contribution >= 0.6 is 0 Å². The fraction of sp³-hybridized carbons (Fsp3) is 0.263. The van der Waals surface area contributed by atoms with Crippen LogP contribution < -0.4 is 14.8 Å². The van der Waals surface area contributed by atoms with E-state index in [1.165, 1.54) is 23.1 Å². The third-order valence-electron chi connectivity index (χ3n) is 4.65. The molecule has 0 spiro atoms. The van der Waals surface area contributed by atoms with E-state index in [0.29, 0.717) is 17.1 Å². The Kier molecular flexibility index (Phi) is 4.37. The number of fused-ring (bicyclic) bond motifs is 1. The molecule has 0 atom stereocenters. The summed E-state index contributed by atoms with van der Waals surface area (Å²) in [6.07, 6.45) is -4.56. The Morgan fingerprint density at radius 1 is 1.04 bits per heavy atom. The second kappa shape index (κ2) is 6.74. The largest absolute Gasteiger partial charge is 0.454 e. The van der Waals surface area contributed by atoms with E-state index >= 15 is 0 Å². The molecule has 0 unspecified atom stereocenters. The maximum absolute atomic E-state index is 13.0. The van der Waals surface area contributed by atoms with E-state index in [2.05, 4.69) is 5.32 Å². The fourth-order valence-electron chi connectivity index (χ4n) is 3.10. The van der Waals surface area contributed by atoms with Crippen molar-refractivity contribution >= 4 is 17.5 Å². The Balaban J connectivity index is 1.38. The van der Waals surface area contributed by atoms with E-state index in [1.54, 1.807) is 18.2 Å². The third-order valence-corrected chi connectivity index (χ3v) is 4.65. The molecule has 1 fully saturated rings. The molecule has 0 radical (unpaired) electrons. The van der Waals surface area contributed by atoms with Crippen LogP contribution in [-0.4, -0.2) is 36.6 Å². The molecule has 146 valence electrons. The average Bonchev–Trinajstić information content (AvgIpc) is 3.07. The monoisotopic (exact) mass is 392 g/mol. The fourth-order valence-corrected chi connectivity index (χ4v) is 3.10. The molecule has 2 heterocycles. The van der Waals surface area contributed by atoms with E-state index in [9.17, 15) is 22.8 Å². The van der Waals surface area contributed by atoms with E-state index in [0.717, 1.165) is 6.07 Å². The number of rotatable bonds is 3. The van der Waals surface area contributed by atoms with Crippen LogP contribution in [0.2, 0.25) is 0 Å². The van der Waals surface area contributed by atoms with Gasteiger partial charge in [0.15, 0.2) is 11.5 Å². The zero-order valence-corrected chi connectivity index (χ0v) is 14.5. The van der Waals surface area contributed by atoms with Crippen LogP contribution in [0.25, 0.3) is 0 Å². The summed E-state index contributed by atoms with van der Waals surface area (Å²) in [7, 11) is 0. The number of amides is 2. The molecule has 2 aliphatic heterocycles. The van der Waals surface area contributed by atoms with E-state index < -0.39 is 23.6 Å². The molecule has 2 aromatic rings. The molecule has 2 aromatic carbocycles. The Hall–Kier alpha value is -3.23. The van der Waals surface area contributed by atoms with Crippen molar-refractivity contribution in [3.63, 3.8) is 0 Å². The molecule has 2 aliphatic rings. The van der Waals surface area contributed by atoms with Crippen LogP contribution in [0.5, 0.6) is 11.5 Å². The van der Waals surface area contributed by atoms with Crippen molar-refractivity contribution in [3.8, 4) is 11.5 Å². The number of para-hydroxylation sites is 1. The molecule has 9 heteroatoms. The maximum atomic E-state index is 13.0. The minimum absolute atomic E-state index is 0.0956. The highest BCUT2D eigenvalue weighted by Crippen LogP contribution is 2.35. The molecule has 1 saturated heterocycles. The summed E-state index contributed by atoms with van der Waals surface area (Å²) < 4.78 is 49.5. The van der Waals surface area contributed by atoms with Crippen molar-refractivity contribution in [3.05, 3.63) is 53.6 Å². The van der Waals surface area contributed by atoms with Crippen LogP contribution in [-0.2, 0) is 11.0 Å². The number of likely N-dealkylation sites (tertiary alicyclic amines) is 1. The van der Waals surface area contributed by atoms with Gasteiger partial charge in [0.25, 0.3) is 5.91 Å². The molecular formula is C19H15F3N2O4. The van der Waals surface area contributed by atoms with Crippen molar-refractivity contribution in [1.82, 2.24) is 4.90 Å². The highest BCUT2D eigenvalue weighted by Gasteiger charge is 2.38. The van der Waals surface area contributed by atoms with Gasteiger partial charge >= 0.3 is 6.18 Å². The van der Waals surface area contributed by atoms with Crippen molar-refractivity contribution in [2.75, 3.05) is 25.2 Å². The number of ether oxygens (including phenoxy) is 2. The van der Waals surface area contributed by atoms with Crippen LogP contribution in [0, 0.1) is 5.92 Å². The molecule has 6 nitrogen and oxygen atoms in total. The van der Waals surface area contributed by atoms with Gasteiger partial charge in [-0.15, -0.1) is 0 Å². The minimum atomic E-state index is -4.56. The summed E-state index contributed by atoms with van der Waals surface area (Å²) in [4.78, 5) is 26.2. The van der Waals surface area contributed by atoms with E-state index in [-0.39, 0.29) is 31.5 Å². The molecule has 4 rings (SSSR count). The zero-order chi connectivity index (χ0) is 19.9. The number of nitrogens with one attached hydrogen (secondary N) is 1. The summed E-state index contributed by atoms with van der Waals surface area (Å²) in [6, 6.07) is 9.59. The van der Waals surface area contributed by atoms with Gasteiger partial charge in [-0.1, -0.05) is 12.1 Å². The summed E-state index contributed by atoms with van der Waals surface area (Å²) in [5, 5.41) is 2.32. The standard InChI is InChI=1S/C19H15F3N2O4/c20-19(21,22)13-3-1-2-4-14(13)23-17(25)12-8-24(9-12)18(26)11-5-6-15-16(7-11)28-10-27-15/h1-7,12H,8-10H2,(H,23,25). The van der Waals surface area contributed by atoms with Gasteiger partial charge in [-0.2, -0.15) is 13.2 Å². The summed E-state index contributed by atoms with van der Waals surface area (Å²) in [6.45, 7) is 0.360. The van der Waals surface area contributed by atoms with Gasteiger partial charge < -0.3 is 19.7 Å². The molecule has 0 aromatic heterocycles. The molecule has 2 amide bonds. The molecule has 0 saturated carbocycles. The Morgan fingerprint density at radius 3 is 2.50 bits per heavy atom. The molecule has 1 N–H and O–H groups in total. The maximum Gasteiger partial charge on any atom is 0.418 e. The lowest BCUT2D eigenvalue weighted by atomic mass is 9.97. The van der Waals surface area contributed by atoms with Gasteiger partial charge in [-0.25, -0.2) is 0 Å². The smallest absolute Gasteiger partial charge is 0.418 e. The number of hydrogen-bond acceptors (Lipinski definition) is 4. The average molecular weight is 392 g/mol. The minimum Gasteiger partial charge on any atom is -0.454 e. The van der Waals surface area contributed by atoms with E-state index in [1.807, 2.05) is 0 Å². The third kappa shape index (κ3) is 3.35. The van der Waals surface area contributed by atoms with Gasteiger partial charge in [0, 0.05) is 18.7 Å². The summed E-state index contributed by atoms with van der Waals surface area (Å²) in [5.41, 5.74) is -0.804. The normalized spacial score (nSPS) is 15.9. The van der Waals surface area contributed by atoms with Gasteiger partial charge in [0.05, 0.1) is 17.2 Å². The predicted molar refractivity (Wildman–Crippen MR) is 92.0 cm³/mol. The summed E-state index contributed by atoms with van der Waals surface area (Å²) >= 11 is 0. The van der Waals surface area contributed by atoms with Crippen molar-refractivity contribution in [2.24, 2.45) is 5.92 Å². The van der Waals surface area contributed by atoms with Gasteiger partial charge in [-0.05, 0) is 30.3 Å². The number of halogens is 3.